The van der Waals surface area contributed by atoms with E-state index in [1.165, 1.54) is 0 Å². The van der Waals surface area contributed by atoms with Gasteiger partial charge in [0.15, 0.2) is 0 Å². The third kappa shape index (κ3) is 11.0. The number of rotatable bonds is 6. The fourth-order valence-corrected chi connectivity index (χ4v) is 2.20. The van der Waals surface area contributed by atoms with Crippen LogP contribution in [-0.4, -0.2) is 59.9 Å². The summed E-state index contributed by atoms with van der Waals surface area (Å²) in [6.45, 7) is 11.0. The van der Waals surface area contributed by atoms with Crippen LogP contribution in [-0.2, 0) is 23.9 Å². The van der Waals surface area contributed by atoms with E-state index in [2.05, 4.69) is 10.6 Å². The molecule has 2 atom stereocenters. The number of hydrogen-bond donors (Lipinski definition) is 3. The molecule has 3 N–H and O–H groups in total. The minimum absolute atomic E-state index is 0.102. The smallest absolute Gasteiger partial charge is 0.332 e. The summed E-state index contributed by atoms with van der Waals surface area (Å²) in [5, 5.41) is 14.1. The van der Waals surface area contributed by atoms with Gasteiger partial charge in [0.25, 0.3) is 0 Å². The molecular formula is C18H34N2O6. The molecule has 8 nitrogen and oxygen atoms in total. The lowest BCUT2D eigenvalue weighted by Gasteiger charge is -2.19. The third-order valence-corrected chi connectivity index (χ3v) is 3.29. The van der Waals surface area contributed by atoms with Crippen LogP contribution in [0.4, 0.5) is 0 Å². The molecule has 1 rings (SSSR count). The summed E-state index contributed by atoms with van der Waals surface area (Å²) >= 11 is 0. The minimum atomic E-state index is -0.581. The molecule has 152 valence electrons. The molecule has 0 aliphatic carbocycles. The van der Waals surface area contributed by atoms with E-state index in [0.717, 1.165) is 19.4 Å². The number of amides is 1. The van der Waals surface area contributed by atoms with Gasteiger partial charge in [-0.05, 0) is 60.4 Å². The highest BCUT2D eigenvalue weighted by Crippen LogP contribution is 2.07. The first-order chi connectivity index (χ1) is 12.0. The number of esters is 2. The topological polar surface area (TPSA) is 114 Å². The number of carbonyl (C=O) groups excluding carboxylic acids is 3. The van der Waals surface area contributed by atoms with Crippen LogP contribution in [0.5, 0.6) is 0 Å². The molecule has 0 aromatic rings. The van der Waals surface area contributed by atoms with E-state index >= 15 is 0 Å². The highest BCUT2D eigenvalue weighted by Gasteiger charge is 2.27. The number of ether oxygens (including phenoxy) is 2. The summed E-state index contributed by atoms with van der Waals surface area (Å²) in [7, 11) is 0. The largest absolute Gasteiger partial charge is 0.461 e. The first-order valence-electron chi connectivity index (χ1n) is 9.07. The normalized spacial score (nSPS) is 17.8. The zero-order chi connectivity index (χ0) is 20.3. The van der Waals surface area contributed by atoms with Crippen LogP contribution in [0.2, 0.25) is 0 Å². The van der Waals surface area contributed by atoms with Crippen molar-refractivity contribution in [2.24, 2.45) is 0 Å². The molecule has 0 radical (unpaired) electrons. The zero-order valence-electron chi connectivity index (χ0n) is 16.8. The molecule has 1 heterocycles. The fraction of sp³-hybridized carbons (Fsp3) is 0.833. The Bertz CT molecular complexity index is 453. The Balaban J connectivity index is 0.000000590. The van der Waals surface area contributed by atoms with Crippen LogP contribution in [0.15, 0.2) is 0 Å². The molecule has 1 unspecified atom stereocenters. The Hall–Kier alpha value is -1.67. The van der Waals surface area contributed by atoms with E-state index in [4.69, 9.17) is 14.6 Å². The predicted octanol–water partition coefficient (Wildman–Crippen LogP) is 0.905. The third-order valence-electron chi connectivity index (χ3n) is 3.29. The molecule has 0 aromatic heterocycles. The van der Waals surface area contributed by atoms with Crippen LogP contribution in [0.25, 0.3) is 0 Å². The maximum atomic E-state index is 11.8. The molecule has 1 aliphatic rings. The first kappa shape index (κ1) is 24.3. The van der Waals surface area contributed by atoms with E-state index in [1.54, 1.807) is 34.6 Å². The van der Waals surface area contributed by atoms with Crippen molar-refractivity contribution in [1.29, 1.82) is 0 Å². The van der Waals surface area contributed by atoms with Crippen molar-refractivity contribution in [3.05, 3.63) is 0 Å². The van der Waals surface area contributed by atoms with Crippen molar-refractivity contribution in [3.8, 4) is 0 Å². The van der Waals surface area contributed by atoms with Gasteiger partial charge in [0.2, 0.25) is 5.91 Å². The number of carbonyl (C=O) groups is 3. The number of aliphatic hydroxyl groups is 1. The van der Waals surface area contributed by atoms with Crippen molar-refractivity contribution in [2.45, 2.75) is 84.6 Å². The van der Waals surface area contributed by atoms with Gasteiger partial charge >= 0.3 is 11.9 Å². The SMILES string of the molecule is CC(C)(C)OC(=O)CO.CCC(NC(=O)[C@@H]1CCCN1)C(=O)OC(C)C. The first-order valence-corrected chi connectivity index (χ1v) is 9.07. The van der Waals surface area contributed by atoms with Gasteiger partial charge in [0.05, 0.1) is 12.1 Å². The second kappa shape index (κ2) is 11.9. The van der Waals surface area contributed by atoms with Crippen LogP contribution < -0.4 is 10.6 Å². The molecule has 1 fully saturated rings. The van der Waals surface area contributed by atoms with Gasteiger partial charge in [-0.3, -0.25) is 4.79 Å². The van der Waals surface area contributed by atoms with Gasteiger partial charge in [-0.15, -0.1) is 0 Å². The van der Waals surface area contributed by atoms with Crippen LogP contribution in [0.1, 0.15) is 60.8 Å². The predicted molar refractivity (Wildman–Crippen MR) is 97.4 cm³/mol. The zero-order valence-corrected chi connectivity index (χ0v) is 16.8. The van der Waals surface area contributed by atoms with Gasteiger partial charge in [0, 0.05) is 0 Å². The summed E-state index contributed by atoms with van der Waals surface area (Å²) in [6, 6.07) is -0.691. The molecule has 1 saturated heterocycles. The monoisotopic (exact) mass is 374 g/mol. The number of nitrogens with one attached hydrogen (secondary N) is 2. The maximum absolute atomic E-state index is 11.8. The molecule has 0 bridgehead atoms. The average Bonchev–Trinajstić information content (AvgIpc) is 3.05. The molecule has 1 aliphatic heterocycles. The van der Waals surface area contributed by atoms with Gasteiger partial charge < -0.3 is 25.2 Å². The Labute approximate surface area is 156 Å². The standard InChI is InChI=1S/C12H22N2O3.C6H12O3/c1-4-9(12(16)17-8(2)3)14-11(15)10-6-5-7-13-10;1-6(2,3)9-5(8)4-7/h8-10,13H,4-7H2,1-3H3,(H,14,15);7H,4H2,1-3H3/t9?,10-;/m0./s1. The molecule has 0 spiro atoms. The summed E-state index contributed by atoms with van der Waals surface area (Å²) < 4.78 is 9.79. The highest BCUT2D eigenvalue weighted by atomic mass is 16.6. The van der Waals surface area contributed by atoms with E-state index < -0.39 is 24.2 Å². The fourth-order valence-electron chi connectivity index (χ4n) is 2.20. The van der Waals surface area contributed by atoms with Crippen molar-refractivity contribution in [1.82, 2.24) is 10.6 Å². The van der Waals surface area contributed by atoms with Crippen molar-refractivity contribution in [2.75, 3.05) is 13.2 Å². The average molecular weight is 374 g/mol. The Kier molecular flexibility index (Phi) is 11.1. The molecule has 26 heavy (non-hydrogen) atoms. The summed E-state index contributed by atoms with van der Waals surface area (Å²) in [6.07, 6.45) is 2.23. The van der Waals surface area contributed by atoms with E-state index in [0.29, 0.717) is 6.42 Å². The summed E-state index contributed by atoms with van der Waals surface area (Å²) in [5.41, 5.74) is -0.486. The van der Waals surface area contributed by atoms with Crippen molar-refractivity contribution in [3.63, 3.8) is 0 Å². The van der Waals surface area contributed by atoms with Crippen LogP contribution in [0, 0.1) is 0 Å². The Morgan fingerprint density at radius 3 is 2.23 bits per heavy atom. The van der Waals surface area contributed by atoms with Gasteiger partial charge in [-0.2, -0.15) is 0 Å². The summed E-state index contributed by atoms with van der Waals surface area (Å²) in [5.74, 6) is -1.04. The number of aliphatic hydroxyl groups excluding tert-OH is 1. The van der Waals surface area contributed by atoms with E-state index in [9.17, 15) is 14.4 Å². The number of hydrogen-bond acceptors (Lipinski definition) is 7. The molecular weight excluding hydrogens is 340 g/mol. The van der Waals surface area contributed by atoms with Crippen molar-refractivity contribution < 1.29 is 29.0 Å². The lowest BCUT2D eigenvalue weighted by Crippen LogP contribution is -2.48. The van der Waals surface area contributed by atoms with Gasteiger partial charge in [-0.25, -0.2) is 9.59 Å². The molecule has 0 saturated carbocycles. The van der Waals surface area contributed by atoms with E-state index in [-0.39, 0.29) is 24.0 Å². The maximum Gasteiger partial charge on any atom is 0.332 e. The second-order valence-corrected chi connectivity index (χ2v) is 7.35. The van der Waals surface area contributed by atoms with Crippen LogP contribution >= 0.6 is 0 Å². The van der Waals surface area contributed by atoms with Gasteiger partial charge in [0.1, 0.15) is 18.2 Å². The Morgan fingerprint density at radius 2 is 1.88 bits per heavy atom. The van der Waals surface area contributed by atoms with E-state index in [1.807, 2.05) is 6.92 Å². The van der Waals surface area contributed by atoms with Crippen molar-refractivity contribution >= 4 is 17.8 Å². The highest BCUT2D eigenvalue weighted by molar-refractivity contribution is 5.87. The quantitative estimate of drug-likeness (QED) is 0.592. The Morgan fingerprint density at radius 1 is 1.27 bits per heavy atom. The summed E-state index contributed by atoms with van der Waals surface area (Å²) in [4.78, 5) is 33.9. The molecule has 0 aromatic carbocycles. The molecule has 1 amide bonds. The lowest BCUT2D eigenvalue weighted by molar-refractivity contribution is -0.158. The minimum Gasteiger partial charge on any atom is -0.461 e. The second-order valence-electron chi connectivity index (χ2n) is 7.35. The van der Waals surface area contributed by atoms with Crippen LogP contribution in [0.3, 0.4) is 0 Å². The van der Waals surface area contributed by atoms with Gasteiger partial charge in [-0.1, -0.05) is 6.92 Å². The lowest BCUT2D eigenvalue weighted by atomic mass is 10.1. The molecule has 8 heteroatoms.